The van der Waals surface area contributed by atoms with Crippen LogP contribution in [0.5, 0.6) is 0 Å². The van der Waals surface area contributed by atoms with Crippen LogP contribution in [-0.4, -0.2) is 46.1 Å². The molecule has 2 aromatic rings. The lowest BCUT2D eigenvalue weighted by molar-refractivity contribution is 0.0290. The average molecular weight is 384 g/mol. The molecule has 28 heavy (non-hydrogen) atoms. The molecule has 0 bridgehead atoms. The maximum absolute atomic E-state index is 11.4. The van der Waals surface area contributed by atoms with Crippen LogP contribution in [0.4, 0.5) is 0 Å². The van der Waals surface area contributed by atoms with Gasteiger partial charge in [0, 0.05) is 43.8 Å². The van der Waals surface area contributed by atoms with Crippen molar-refractivity contribution in [1.29, 1.82) is 0 Å². The molecule has 2 atom stereocenters. The molecule has 152 valence electrons. The first-order valence-electron chi connectivity index (χ1n) is 10.1. The quantitative estimate of drug-likeness (QED) is 0.607. The standard InChI is InChI=1S/C21H27N3O2.C2H6/c1-16-12-23(14-19-8-10-20(11-9-19)21(25)22-26)13-17(2)24(16)15-18-6-4-3-5-7-18;1-2/h3-11,16-17,26H,12-15H2,1-2H3,(H,22,25);1-2H3. The van der Waals surface area contributed by atoms with Crippen LogP contribution in [0.2, 0.25) is 0 Å². The molecular formula is C23H33N3O2. The first-order chi connectivity index (χ1) is 13.6. The number of carbonyl (C=O) groups excluding carboxylic acids is 1. The third kappa shape index (κ3) is 5.89. The van der Waals surface area contributed by atoms with Crippen LogP contribution >= 0.6 is 0 Å². The van der Waals surface area contributed by atoms with E-state index in [4.69, 9.17) is 5.21 Å². The maximum Gasteiger partial charge on any atom is 0.274 e. The predicted molar refractivity (Wildman–Crippen MR) is 113 cm³/mol. The molecule has 0 radical (unpaired) electrons. The van der Waals surface area contributed by atoms with Gasteiger partial charge in [-0.05, 0) is 37.1 Å². The fourth-order valence-electron chi connectivity index (χ4n) is 3.79. The van der Waals surface area contributed by atoms with Gasteiger partial charge in [-0.15, -0.1) is 0 Å². The SMILES string of the molecule is CC.CC1CN(Cc2ccc(C(=O)NO)cc2)CC(C)N1Cc1ccccc1. The second kappa shape index (κ2) is 11.0. The summed E-state index contributed by atoms with van der Waals surface area (Å²) in [5, 5.41) is 8.70. The number of hydrogen-bond donors (Lipinski definition) is 2. The number of amides is 1. The van der Waals surface area contributed by atoms with Gasteiger partial charge in [0.05, 0.1) is 0 Å². The van der Waals surface area contributed by atoms with Gasteiger partial charge in [-0.3, -0.25) is 19.8 Å². The van der Waals surface area contributed by atoms with Crippen LogP contribution in [0.25, 0.3) is 0 Å². The fourth-order valence-corrected chi connectivity index (χ4v) is 3.79. The zero-order chi connectivity index (χ0) is 20.5. The third-order valence-electron chi connectivity index (χ3n) is 5.11. The summed E-state index contributed by atoms with van der Waals surface area (Å²) in [5.41, 5.74) is 4.66. The van der Waals surface area contributed by atoms with Crippen molar-refractivity contribution in [2.24, 2.45) is 0 Å². The first kappa shape index (κ1) is 22.1. The number of rotatable bonds is 5. The summed E-state index contributed by atoms with van der Waals surface area (Å²) >= 11 is 0. The number of hydroxylamine groups is 1. The lowest BCUT2D eigenvalue weighted by Crippen LogP contribution is -2.55. The minimum Gasteiger partial charge on any atom is -0.296 e. The van der Waals surface area contributed by atoms with E-state index in [-0.39, 0.29) is 0 Å². The first-order valence-corrected chi connectivity index (χ1v) is 10.1. The van der Waals surface area contributed by atoms with Gasteiger partial charge in [-0.2, -0.15) is 0 Å². The van der Waals surface area contributed by atoms with Gasteiger partial charge in [0.15, 0.2) is 0 Å². The molecular weight excluding hydrogens is 350 g/mol. The van der Waals surface area contributed by atoms with E-state index in [1.165, 1.54) is 11.1 Å². The van der Waals surface area contributed by atoms with Gasteiger partial charge in [0.1, 0.15) is 0 Å². The molecule has 1 aliphatic heterocycles. The van der Waals surface area contributed by atoms with Crippen LogP contribution < -0.4 is 5.48 Å². The number of piperazine rings is 1. The Bertz CT molecular complexity index is 706. The number of nitrogens with one attached hydrogen (secondary N) is 1. The summed E-state index contributed by atoms with van der Waals surface area (Å²) in [7, 11) is 0. The van der Waals surface area contributed by atoms with Crippen molar-refractivity contribution in [1.82, 2.24) is 15.3 Å². The molecule has 2 aromatic carbocycles. The van der Waals surface area contributed by atoms with Crippen LogP contribution in [0, 0.1) is 0 Å². The predicted octanol–water partition coefficient (Wildman–Crippen LogP) is 3.93. The molecule has 0 aromatic heterocycles. The van der Waals surface area contributed by atoms with Gasteiger partial charge in [-0.25, -0.2) is 5.48 Å². The lowest BCUT2D eigenvalue weighted by Gasteiger charge is -2.44. The van der Waals surface area contributed by atoms with E-state index in [0.29, 0.717) is 17.6 Å². The molecule has 0 aliphatic carbocycles. The second-order valence-electron chi connectivity index (χ2n) is 7.19. The summed E-state index contributed by atoms with van der Waals surface area (Å²) in [6.45, 7) is 12.5. The number of benzene rings is 2. The number of nitrogens with zero attached hydrogens (tertiary/aromatic N) is 2. The molecule has 1 aliphatic rings. The zero-order valence-corrected chi connectivity index (χ0v) is 17.4. The van der Waals surface area contributed by atoms with Crippen molar-refractivity contribution in [3.05, 3.63) is 71.3 Å². The molecule has 1 saturated heterocycles. The maximum atomic E-state index is 11.4. The van der Waals surface area contributed by atoms with Crippen molar-refractivity contribution in [2.45, 2.75) is 52.9 Å². The molecule has 1 heterocycles. The Kier molecular flexibility index (Phi) is 8.64. The van der Waals surface area contributed by atoms with E-state index >= 15 is 0 Å². The zero-order valence-electron chi connectivity index (χ0n) is 17.4. The molecule has 3 rings (SSSR count). The highest BCUT2D eigenvalue weighted by atomic mass is 16.5. The highest BCUT2D eigenvalue weighted by Gasteiger charge is 2.29. The molecule has 5 nitrogen and oxygen atoms in total. The largest absolute Gasteiger partial charge is 0.296 e. The van der Waals surface area contributed by atoms with Gasteiger partial charge in [0.25, 0.3) is 5.91 Å². The average Bonchev–Trinajstić information content (AvgIpc) is 2.73. The smallest absolute Gasteiger partial charge is 0.274 e. The highest BCUT2D eigenvalue weighted by molar-refractivity contribution is 5.93. The minimum atomic E-state index is -0.478. The van der Waals surface area contributed by atoms with E-state index in [2.05, 4.69) is 54.0 Å². The molecule has 1 fully saturated rings. The van der Waals surface area contributed by atoms with E-state index in [1.54, 1.807) is 17.6 Å². The van der Waals surface area contributed by atoms with E-state index in [9.17, 15) is 4.79 Å². The van der Waals surface area contributed by atoms with E-state index in [1.807, 2.05) is 26.0 Å². The second-order valence-corrected chi connectivity index (χ2v) is 7.19. The van der Waals surface area contributed by atoms with Crippen molar-refractivity contribution < 1.29 is 10.0 Å². The van der Waals surface area contributed by atoms with Crippen molar-refractivity contribution >= 4 is 5.91 Å². The minimum absolute atomic E-state index is 0.464. The van der Waals surface area contributed by atoms with Gasteiger partial charge in [0.2, 0.25) is 0 Å². The molecule has 2 N–H and O–H groups in total. The summed E-state index contributed by atoms with van der Waals surface area (Å²) < 4.78 is 0. The molecule has 2 unspecified atom stereocenters. The van der Waals surface area contributed by atoms with Gasteiger partial charge >= 0.3 is 0 Å². The Morgan fingerprint density at radius 2 is 1.46 bits per heavy atom. The van der Waals surface area contributed by atoms with Crippen LogP contribution in [0.1, 0.15) is 49.2 Å². The molecule has 0 saturated carbocycles. The number of hydrogen-bond acceptors (Lipinski definition) is 4. The van der Waals surface area contributed by atoms with Crippen molar-refractivity contribution in [3.63, 3.8) is 0 Å². The highest BCUT2D eigenvalue weighted by Crippen LogP contribution is 2.20. The van der Waals surface area contributed by atoms with E-state index in [0.717, 1.165) is 26.2 Å². The monoisotopic (exact) mass is 383 g/mol. The Balaban J connectivity index is 0.00000136. The number of carbonyl (C=O) groups is 1. The third-order valence-corrected chi connectivity index (χ3v) is 5.11. The van der Waals surface area contributed by atoms with Crippen LogP contribution in [0.15, 0.2) is 54.6 Å². The Morgan fingerprint density at radius 1 is 0.929 bits per heavy atom. The van der Waals surface area contributed by atoms with Gasteiger partial charge in [-0.1, -0.05) is 56.3 Å². The summed E-state index contributed by atoms with van der Waals surface area (Å²) in [6, 6.07) is 19.0. The Morgan fingerprint density at radius 3 is 2.00 bits per heavy atom. The molecule has 5 heteroatoms. The Labute approximate surface area is 168 Å². The fraction of sp³-hybridized carbons (Fsp3) is 0.435. The van der Waals surface area contributed by atoms with Crippen molar-refractivity contribution in [3.8, 4) is 0 Å². The summed E-state index contributed by atoms with van der Waals surface area (Å²) in [5.74, 6) is -0.478. The van der Waals surface area contributed by atoms with Gasteiger partial charge < -0.3 is 0 Å². The summed E-state index contributed by atoms with van der Waals surface area (Å²) in [6.07, 6.45) is 0. The van der Waals surface area contributed by atoms with Crippen LogP contribution in [0.3, 0.4) is 0 Å². The molecule has 1 amide bonds. The van der Waals surface area contributed by atoms with Crippen LogP contribution in [-0.2, 0) is 13.1 Å². The normalized spacial score (nSPS) is 20.2. The van der Waals surface area contributed by atoms with Crippen molar-refractivity contribution in [2.75, 3.05) is 13.1 Å². The Hall–Kier alpha value is -2.21. The lowest BCUT2D eigenvalue weighted by atomic mass is 10.0. The van der Waals surface area contributed by atoms with E-state index < -0.39 is 5.91 Å². The topological polar surface area (TPSA) is 55.8 Å². The summed E-state index contributed by atoms with van der Waals surface area (Å²) in [4.78, 5) is 16.4. The molecule has 0 spiro atoms.